The highest BCUT2D eigenvalue weighted by atomic mass is 32.1. The van der Waals surface area contributed by atoms with Crippen molar-refractivity contribution in [3.63, 3.8) is 0 Å². The van der Waals surface area contributed by atoms with Crippen molar-refractivity contribution in [1.29, 1.82) is 0 Å². The van der Waals surface area contributed by atoms with Gasteiger partial charge in [0, 0.05) is 26.8 Å². The number of anilines is 1. The highest BCUT2D eigenvalue weighted by Crippen LogP contribution is 2.41. The maximum absolute atomic E-state index is 13.3. The molecule has 2 aromatic heterocycles. The number of thiophene rings is 1. The second-order valence-electron chi connectivity index (χ2n) is 6.82. The summed E-state index contributed by atoms with van der Waals surface area (Å²) in [5.41, 5.74) is 9.62. The summed E-state index contributed by atoms with van der Waals surface area (Å²) in [6.07, 6.45) is 1.31. The molecule has 2 heterocycles. The molecule has 5 nitrogen and oxygen atoms in total. The monoisotopic (exact) mass is 412 g/mol. The van der Waals surface area contributed by atoms with E-state index in [1.165, 1.54) is 17.7 Å². The van der Waals surface area contributed by atoms with Crippen molar-refractivity contribution in [2.24, 2.45) is 0 Å². The van der Waals surface area contributed by atoms with Gasteiger partial charge in [-0.15, -0.1) is 11.3 Å². The van der Waals surface area contributed by atoms with E-state index in [9.17, 15) is 9.90 Å². The van der Waals surface area contributed by atoms with Gasteiger partial charge in [0.25, 0.3) is 0 Å². The van der Waals surface area contributed by atoms with Crippen molar-refractivity contribution in [3.05, 3.63) is 89.6 Å². The molecule has 3 aromatic carbocycles. The zero-order chi connectivity index (χ0) is 20.7. The van der Waals surface area contributed by atoms with Crippen LogP contribution in [0.15, 0.2) is 83.6 Å². The molecule has 5 rings (SSSR count). The third-order valence-electron chi connectivity index (χ3n) is 4.96. The smallest absolute Gasteiger partial charge is 0.218 e. The molecule has 0 bridgehead atoms. The summed E-state index contributed by atoms with van der Waals surface area (Å²) in [5, 5.41) is 10.8. The van der Waals surface area contributed by atoms with E-state index >= 15 is 0 Å². The number of carbonyl (C=O) groups is 1. The van der Waals surface area contributed by atoms with E-state index in [0.29, 0.717) is 16.1 Å². The molecule has 0 fully saturated rings. The third-order valence-corrected chi connectivity index (χ3v) is 6.11. The van der Waals surface area contributed by atoms with Crippen molar-refractivity contribution in [1.82, 2.24) is 4.98 Å². The largest absolute Gasteiger partial charge is 0.508 e. The maximum atomic E-state index is 13.3. The predicted octanol–water partition coefficient (Wildman–Crippen LogP) is 5.74. The number of hydrogen-bond acceptors (Lipinski definition) is 6. The number of ketones is 1. The van der Waals surface area contributed by atoms with Gasteiger partial charge in [-0.3, -0.25) is 4.79 Å². The highest BCUT2D eigenvalue weighted by molar-refractivity contribution is 7.21. The van der Waals surface area contributed by atoms with Crippen LogP contribution in [-0.4, -0.2) is 15.9 Å². The number of nitrogen functional groups attached to an aromatic ring is 1. The van der Waals surface area contributed by atoms with Gasteiger partial charge in [0.1, 0.15) is 11.4 Å². The Morgan fingerprint density at radius 2 is 1.70 bits per heavy atom. The first-order chi connectivity index (χ1) is 14.6. The molecule has 0 saturated carbocycles. The number of carbonyl (C=O) groups excluding carboxylic acids is 1. The summed E-state index contributed by atoms with van der Waals surface area (Å²) in [7, 11) is 0. The maximum Gasteiger partial charge on any atom is 0.218 e. The SMILES string of the molecule is Nc1ocnc1-c1ccc(-c2c(C(=O)c3ccccc3)sc3cc(O)ccc23)cc1. The van der Waals surface area contributed by atoms with Crippen LogP contribution in [0.5, 0.6) is 5.75 Å². The average Bonchev–Trinajstić information content (AvgIpc) is 3.37. The van der Waals surface area contributed by atoms with Crippen molar-refractivity contribution in [3.8, 4) is 28.1 Å². The minimum Gasteiger partial charge on any atom is -0.508 e. The van der Waals surface area contributed by atoms with E-state index < -0.39 is 0 Å². The summed E-state index contributed by atoms with van der Waals surface area (Å²) in [4.78, 5) is 18.1. The fraction of sp³-hybridized carbons (Fsp3) is 0. The summed E-state index contributed by atoms with van der Waals surface area (Å²) >= 11 is 1.38. The molecule has 0 spiro atoms. The molecule has 0 unspecified atom stereocenters. The Balaban J connectivity index is 1.68. The van der Waals surface area contributed by atoms with Gasteiger partial charge in [0.05, 0.1) is 4.88 Å². The van der Waals surface area contributed by atoms with E-state index in [-0.39, 0.29) is 17.4 Å². The second kappa shape index (κ2) is 7.17. The lowest BCUT2D eigenvalue weighted by atomic mass is 9.97. The molecule has 0 saturated heterocycles. The van der Waals surface area contributed by atoms with Gasteiger partial charge in [-0.2, -0.15) is 0 Å². The zero-order valence-electron chi connectivity index (χ0n) is 15.7. The molecule has 146 valence electrons. The van der Waals surface area contributed by atoms with Crippen LogP contribution in [0.2, 0.25) is 0 Å². The van der Waals surface area contributed by atoms with Crippen molar-refractivity contribution in [2.75, 3.05) is 5.73 Å². The Morgan fingerprint density at radius 1 is 0.967 bits per heavy atom. The number of nitrogens with two attached hydrogens (primary N) is 1. The summed E-state index contributed by atoms with van der Waals surface area (Å²) in [5.74, 6) is 0.390. The Labute approximate surface area is 176 Å². The first-order valence-corrected chi connectivity index (χ1v) is 10.1. The minimum atomic E-state index is -0.0453. The van der Waals surface area contributed by atoms with Gasteiger partial charge in [-0.05, 0) is 23.8 Å². The Hall–Kier alpha value is -3.90. The van der Waals surface area contributed by atoms with E-state index in [1.807, 2.05) is 60.7 Å². The number of phenols is 1. The van der Waals surface area contributed by atoms with Crippen LogP contribution in [-0.2, 0) is 0 Å². The number of rotatable bonds is 4. The quantitative estimate of drug-likeness (QED) is 0.367. The minimum absolute atomic E-state index is 0.0453. The summed E-state index contributed by atoms with van der Waals surface area (Å²) < 4.78 is 5.95. The van der Waals surface area contributed by atoms with Gasteiger partial charge in [-0.1, -0.05) is 54.6 Å². The number of hydrogen-bond donors (Lipinski definition) is 2. The summed E-state index contributed by atoms with van der Waals surface area (Å²) in [6, 6.07) is 22.1. The normalized spacial score (nSPS) is 11.1. The third kappa shape index (κ3) is 3.03. The van der Waals surface area contributed by atoms with Crippen LogP contribution in [0.3, 0.4) is 0 Å². The van der Waals surface area contributed by atoms with Gasteiger partial charge in [-0.25, -0.2) is 4.98 Å². The molecule has 0 aliphatic carbocycles. The number of phenolic OH excluding ortho intramolecular Hbond substituents is 1. The number of nitrogens with zero attached hydrogens (tertiary/aromatic N) is 1. The van der Waals surface area contributed by atoms with E-state index in [0.717, 1.165) is 26.8 Å². The van der Waals surface area contributed by atoms with Gasteiger partial charge < -0.3 is 15.3 Å². The van der Waals surface area contributed by atoms with Crippen molar-refractivity contribution in [2.45, 2.75) is 0 Å². The van der Waals surface area contributed by atoms with Crippen LogP contribution in [0.25, 0.3) is 32.5 Å². The van der Waals surface area contributed by atoms with Gasteiger partial charge in [0.2, 0.25) is 11.7 Å². The van der Waals surface area contributed by atoms with Crippen molar-refractivity contribution < 1.29 is 14.3 Å². The number of aromatic hydroxyl groups is 1. The Kier molecular flexibility index (Phi) is 4.34. The molecular weight excluding hydrogens is 396 g/mol. The Bertz CT molecular complexity index is 1370. The molecular formula is C24H16N2O3S. The van der Waals surface area contributed by atoms with Crippen LogP contribution in [0, 0.1) is 0 Å². The lowest BCUT2D eigenvalue weighted by Crippen LogP contribution is -2.00. The molecule has 0 radical (unpaired) electrons. The van der Waals surface area contributed by atoms with Crippen LogP contribution in [0.4, 0.5) is 5.88 Å². The molecule has 0 amide bonds. The molecule has 30 heavy (non-hydrogen) atoms. The predicted molar refractivity (Wildman–Crippen MR) is 119 cm³/mol. The van der Waals surface area contributed by atoms with E-state index in [2.05, 4.69) is 4.98 Å². The highest BCUT2D eigenvalue weighted by Gasteiger charge is 2.21. The number of benzene rings is 3. The van der Waals surface area contributed by atoms with E-state index in [4.69, 9.17) is 10.2 Å². The fourth-order valence-corrected chi connectivity index (χ4v) is 4.74. The molecule has 6 heteroatoms. The van der Waals surface area contributed by atoms with Crippen molar-refractivity contribution >= 4 is 33.1 Å². The van der Waals surface area contributed by atoms with Crippen LogP contribution >= 0.6 is 11.3 Å². The van der Waals surface area contributed by atoms with Crippen LogP contribution in [0.1, 0.15) is 15.2 Å². The molecule has 0 aliphatic heterocycles. The lowest BCUT2D eigenvalue weighted by Gasteiger charge is -2.07. The van der Waals surface area contributed by atoms with Gasteiger partial charge in [0.15, 0.2) is 6.39 Å². The lowest BCUT2D eigenvalue weighted by molar-refractivity contribution is 0.104. The van der Waals surface area contributed by atoms with Crippen LogP contribution < -0.4 is 5.73 Å². The second-order valence-corrected chi connectivity index (χ2v) is 7.88. The first-order valence-electron chi connectivity index (χ1n) is 9.27. The molecule has 3 N–H and O–H groups in total. The Morgan fingerprint density at radius 3 is 2.40 bits per heavy atom. The fourth-order valence-electron chi connectivity index (χ4n) is 3.52. The topological polar surface area (TPSA) is 89.4 Å². The number of aromatic nitrogens is 1. The summed E-state index contributed by atoms with van der Waals surface area (Å²) in [6.45, 7) is 0. The number of fused-ring (bicyclic) bond motifs is 1. The zero-order valence-corrected chi connectivity index (χ0v) is 16.5. The molecule has 0 atom stereocenters. The van der Waals surface area contributed by atoms with Gasteiger partial charge >= 0.3 is 0 Å². The average molecular weight is 412 g/mol. The van der Waals surface area contributed by atoms with E-state index in [1.54, 1.807) is 12.1 Å². The standard InChI is InChI=1S/C24H16N2O3S/c25-24-21(26-13-29-24)15-8-6-14(7-9-15)20-18-11-10-17(27)12-19(18)30-23(20)22(28)16-4-2-1-3-5-16/h1-13,27H,25H2. The molecule has 5 aromatic rings. The molecule has 0 aliphatic rings. The number of oxazole rings is 1. The first kappa shape index (κ1) is 18.1.